The number of hydrogen-bond acceptors (Lipinski definition) is 3. The maximum Gasteiger partial charge on any atom is 0.251 e. The van der Waals surface area contributed by atoms with Crippen molar-refractivity contribution in [1.29, 1.82) is 0 Å². The smallest absolute Gasteiger partial charge is 0.251 e. The van der Waals surface area contributed by atoms with E-state index in [9.17, 15) is 4.79 Å². The standard InChI is InChI=1S/C8H13N3O2/c1-3-13-5-7(12)10-8-6(2)4-9-11-8/h4H,3,5H2,1-2H3,(H2,9,10,11,12). The van der Waals surface area contributed by atoms with Gasteiger partial charge in [0.05, 0.1) is 6.20 Å². The lowest BCUT2D eigenvalue weighted by molar-refractivity contribution is -0.120. The molecule has 0 aliphatic rings. The van der Waals surface area contributed by atoms with Gasteiger partial charge in [0.25, 0.3) is 5.91 Å². The normalized spacial score (nSPS) is 10.0. The quantitative estimate of drug-likeness (QED) is 0.721. The molecule has 0 atom stereocenters. The molecule has 13 heavy (non-hydrogen) atoms. The van der Waals surface area contributed by atoms with E-state index >= 15 is 0 Å². The van der Waals surface area contributed by atoms with Crippen molar-refractivity contribution < 1.29 is 9.53 Å². The molecule has 1 amide bonds. The maximum atomic E-state index is 11.1. The summed E-state index contributed by atoms with van der Waals surface area (Å²) in [5, 5.41) is 9.09. The zero-order valence-electron chi connectivity index (χ0n) is 7.76. The van der Waals surface area contributed by atoms with Gasteiger partial charge in [0.1, 0.15) is 12.4 Å². The van der Waals surface area contributed by atoms with Crippen LogP contribution in [0.2, 0.25) is 0 Å². The van der Waals surface area contributed by atoms with Gasteiger partial charge in [-0.1, -0.05) is 0 Å². The molecule has 0 aliphatic carbocycles. The molecule has 1 heterocycles. The number of amides is 1. The highest BCUT2D eigenvalue weighted by molar-refractivity contribution is 5.91. The molecule has 5 nitrogen and oxygen atoms in total. The van der Waals surface area contributed by atoms with Crippen LogP contribution in [0, 0.1) is 6.92 Å². The first kappa shape index (κ1) is 9.73. The molecule has 0 aromatic carbocycles. The monoisotopic (exact) mass is 183 g/mol. The van der Waals surface area contributed by atoms with E-state index in [1.54, 1.807) is 6.20 Å². The summed E-state index contributed by atoms with van der Waals surface area (Å²) in [5.74, 6) is 0.457. The van der Waals surface area contributed by atoms with Crippen molar-refractivity contribution in [3.05, 3.63) is 11.8 Å². The molecule has 0 fully saturated rings. The van der Waals surface area contributed by atoms with Crippen molar-refractivity contribution in [3.8, 4) is 0 Å². The van der Waals surface area contributed by atoms with Crippen molar-refractivity contribution in [1.82, 2.24) is 10.2 Å². The second-order valence-corrected chi connectivity index (χ2v) is 2.61. The van der Waals surface area contributed by atoms with Crippen LogP contribution in [0.15, 0.2) is 6.20 Å². The molecule has 0 saturated heterocycles. The Morgan fingerprint density at radius 1 is 1.77 bits per heavy atom. The van der Waals surface area contributed by atoms with E-state index in [0.29, 0.717) is 12.4 Å². The highest BCUT2D eigenvalue weighted by atomic mass is 16.5. The van der Waals surface area contributed by atoms with Gasteiger partial charge >= 0.3 is 0 Å². The van der Waals surface area contributed by atoms with E-state index in [1.807, 2.05) is 13.8 Å². The Labute approximate surface area is 76.5 Å². The minimum atomic E-state index is -0.172. The molecule has 72 valence electrons. The van der Waals surface area contributed by atoms with Crippen molar-refractivity contribution >= 4 is 11.7 Å². The van der Waals surface area contributed by atoms with Crippen LogP contribution in [-0.2, 0) is 9.53 Å². The Bertz CT molecular complexity index is 283. The van der Waals surface area contributed by atoms with Crippen LogP contribution >= 0.6 is 0 Å². The lowest BCUT2D eigenvalue weighted by atomic mass is 10.4. The Morgan fingerprint density at radius 2 is 2.54 bits per heavy atom. The fraction of sp³-hybridized carbons (Fsp3) is 0.500. The third-order valence-corrected chi connectivity index (χ3v) is 1.53. The molecule has 0 radical (unpaired) electrons. The number of aromatic nitrogens is 2. The number of ether oxygens (including phenoxy) is 1. The number of carbonyl (C=O) groups is 1. The van der Waals surface area contributed by atoms with E-state index in [2.05, 4.69) is 15.5 Å². The first-order valence-electron chi connectivity index (χ1n) is 4.11. The zero-order chi connectivity index (χ0) is 9.68. The summed E-state index contributed by atoms with van der Waals surface area (Å²) in [6.45, 7) is 4.32. The number of nitrogens with zero attached hydrogens (tertiary/aromatic N) is 1. The zero-order valence-corrected chi connectivity index (χ0v) is 7.76. The molecule has 0 saturated carbocycles. The Kier molecular flexibility index (Phi) is 3.45. The van der Waals surface area contributed by atoms with Gasteiger partial charge in [0.2, 0.25) is 0 Å². The van der Waals surface area contributed by atoms with Gasteiger partial charge in [0.15, 0.2) is 0 Å². The molecule has 1 aromatic heterocycles. The fourth-order valence-corrected chi connectivity index (χ4v) is 0.843. The highest BCUT2D eigenvalue weighted by Crippen LogP contribution is 2.07. The largest absolute Gasteiger partial charge is 0.372 e. The van der Waals surface area contributed by atoms with E-state index in [0.717, 1.165) is 5.56 Å². The van der Waals surface area contributed by atoms with Crippen LogP contribution < -0.4 is 5.32 Å². The van der Waals surface area contributed by atoms with Crippen LogP contribution in [-0.4, -0.2) is 29.3 Å². The molecule has 0 aliphatic heterocycles. The number of nitrogens with one attached hydrogen (secondary N) is 2. The predicted molar refractivity (Wildman–Crippen MR) is 48.4 cm³/mol. The number of carbonyl (C=O) groups excluding carboxylic acids is 1. The summed E-state index contributed by atoms with van der Waals surface area (Å²) in [7, 11) is 0. The van der Waals surface area contributed by atoms with Crippen molar-refractivity contribution in [2.45, 2.75) is 13.8 Å². The van der Waals surface area contributed by atoms with Crippen LogP contribution in [0.3, 0.4) is 0 Å². The minimum Gasteiger partial charge on any atom is -0.372 e. The van der Waals surface area contributed by atoms with Gasteiger partial charge in [-0.25, -0.2) is 0 Å². The van der Waals surface area contributed by atoms with Gasteiger partial charge in [0, 0.05) is 12.2 Å². The SMILES string of the molecule is CCOCC(=O)Nc1[nH]ncc1C. The molecule has 2 N–H and O–H groups in total. The van der Waals surface area contributed by atoms with E-state index in [1.165, 1.54) is 0 Å². The third-order valence-electron chi connectivity index (χ3n) is 1.53. The van der Waals surface area contributed by atoms with Gasteiger partial charge in [-0.3, -0.25) is 9.89 Å². The van der Waals surface area contributed by atoms with Crippen LogP contribution in [0.25, 0.3) is 0 Å². The average Bonchev–Trinajstić information content (AvgIpc) is 2.48. The Balaban J connectivity index is 2.41. The molecule has 1 rings (SSSR count). The third kappa shape index (κ3) is 2.87. The molecule has 0 spiro atoms. The lowest BCUT2D eigenvalue weighted by Crippen LogP contribution is -2.18. The number of hydrogen-bond donors (Lipinski definition) is 2. The lowest BCUT2D eigenvalue weighted by Gasteiger charge is -2.02. The number of anilines is 1. The highest BCUT2D eigenvalue weighted by Gasteiger charge is 2.04. The Hall–Kier alpha value is -1.36. The average molecular weight is 183 g/mol. The van der Waals surface area contributed by atoms with Gasteiger partial charge in [-0.15, -0.1) is 0 Å². The number of aromatic amines is 1. The first-order valence-corrected chi connectivity index (χ1v) is 4.11. The second kappa shape index (κ2) is 4.61. The molecule has 0 bridgehead atoms. The Morgan fingerprint density at radius 3 is 3.08 bits per heavy atom. The number of H-pyrrole nitrogens is 1. The summed E-state index contributed by atoms with van der Waals surface area (Å²) in [5.41, 5.74) is 0.907. The second-order valence-electron chi connectivity index (χ2n) is 2.61. The fourth-order valence-electron chi connectivity index (χ4n) is 0.843. The van der Waals surface area contributed by atoms with Crippen LogP contribution in [0.5, 0.6) is 0 Å². The summed E-state index contributed by atoms with van der Waals surface area (Å²) < 4.78 is 4.94. The molecular weight excluding hydrogens is 170 g/mol. The van der Waals surface area contributed by atoms with E-state index < -0.39 is 0 Å². The van der Waals surface area contributed by atoms with Crippen molar-refractivity contribution in [3.63, 3.8) is 0 Å². The summed E-state index contributed by atoms with van der Waals surface area (Å²) in [6, 6.07) is 0. The summed E-state index contributed by atoms with van der Waals surface area (Å²) in [6.07, 6.45) is 1.65. The van der Waals surface area contributed by atoms with Gasteiger partial charge in [-0.2, -0.15) is 5.10 Å². The van der Waals surface area contributed by atoms with Crippen LogP contribution in [0.4, 0.5) is 5.82 Å². The van der Waals surface area contributed by atoms with Gasteiger partial charge < -0.3 is 10.1 Å². The van der Waals surface area contributed by atoms with E-state index in [-0.39, 0.29) is 12.5 Å². The molecule has 5 heteroatoms. The maximum absolute atomic E-state index is 11.1. The van der Waals surface area contributed by atoms with Crippen LogP contribution in [0.1, 0.15) is 12.5 Å². The predicted octanol–water partition coefficient (Wildman–Crippen LogP) is 0.693. The summed E-state index contributed by atoms with van der Waals surface area (Å²) in [4.78, 5) is 11.1. The summed E-state index contributed by atoms with van der Waals surface area (Å²) >= 11 is 0. The topological polar surface area (TPSA) is 67.0 Å². The number of aryl methyl sites for hydroxylation is 1. The number of rotatable bonds is 4. The first-order chi connectivity index (χ1) is 6.24. The molecule has 0 unspecified atom stereocenters. The minimum absolute atomic E-state index is 0.0783. The van der Waals surface area contributed by atoms with Crippen molar-refractivity contribution in [2.24, 2.45) is 0 Å². The molecular formula is C8H13N3O2. The molecule has 1 aromatic rings. The van der Waals surface area contributed by atoms with Crippen molar-refractivity contribution in [2.75, 3.05) is 18.5 Å². The van der Waals surface area contributed by atoms with Gasteiger partial charge in [-0.05, 0) is 13.8 Å². The van der Waals surface area contributed by atoms with E-state index in [4.69, 9.17) is 4.74 Å².